The lowest BCUT2D eigenvalue weighted by Gasteiger charge is -2.08. The maximum atomic E-state index is 5.95. The zero-order valence-electron chi connectivity index (χ0n) is 11.8. The molecule has 23 heavy (non-hydrogen) atoms. The lowest BCUT2D eigenvalue weighted by Crippen LogP contribution is -2.01. The first-order valence-corrected chi connectivity index (χ1v) is 7.66. The van der Waals surface area contributed by atoms with Gasteiger partial charge < -0.3 is 0 Å². The van der Waals surface area contributed by atoms with Crippen molar-refractivity contribution in [3.8, 4) is 22.5 Å². The molecule has 0 N–H and O–H groups in total. The predicted molar refractivity (Wildman–Crippen MR) is 91.7 cm³/mol. The lowest BCUT2D eigenvalue weighted by atomic mass is 10.0. The van der Waals surface area contributed by atoms with Crippen molar-refractivity contribution in [2.24, 2.45) is 0 Å². The van der Waals surface area contributed by atoms with Gasteiger partial charge in [0.25, 0.3) is 5.78 Å². The average Bonchev–Trinajstić information content (AvgIpc) is 2.89. The smallest absolute Gasteiger partial charge is 0.207 e. The normalized spacial score (nSPS) is 11.0. The molecule has 0 spiro atoms. The Hall–Kier alpha value is -2.57. The van der Waals surface area contributed by atoms with E-state index in [2.05, 4.69) is 15.2 Å². The van der Waals surface area contributed by atoms with E-state index in [-0.39, 0.29) is 4.77 Å². The zero-order chi connectivity index (χ0) is 15.8. The number of hydrogen-bond acceptors (Lipinski definition) is 4. The number of aromatic nitrogens is 5. The summed E-state index contributed by atoms with van der Waals surface area (Å²) in [5, 5.41) is 8.73. The van der Waals surface area contributed by atoms with Gasteiger partial charge in [0.15, 0.2) is 0 Å². The highest BCUT2D eigenvalue weighted by molar-refractivity contribution is 7.71. The van der Waals surface area contributed by atoms with Crippen LogP contribution in [0, 0.1) is 4.77 Å². The highest BCUT2D eigenvalue weighted by Crippen LogP contribution is 2.28. The van der Waals surface area contributed by atoms with Gasteiger partial charge in [-0.2, -0.15) is 9.61 Å². The third-order valence-corrected chi connectivity index (χ3v) is 4.12. The molecule has 4 rings (SSSR count). The molecule has 7 heteroatoms. The Bertz CT molecular complexity index is 1040. The Kier molecular flexibility index (Phi) is 3.40. The van der Waals surface area contributed by atoms with Crippen molar-refractivity contribution >= 4 is 29.8 Å². The Morgan fingerprint density at radius 1 is 0.783 bits per heavy atom. The second-order valence-electron chi connectivity index (χ2n) is 4.90. The number of nitrogens with zero attached hydrogens (tertiary/aromatic N) is 5. The first kappa shape index (κ1) is 14.0. The molecular formula is C16H10ClN5S. The van der Waals surface area contributed by atoms with Crippen molar-refractivity contribution in [3.05, 3.63) is 65.4 Å². The van der Waals surface area contributed by atoms with Crippen LogP contribution in [0.1, 0.15) is 0 Å². The molecule has 0 aliphatic heterocycles. The van der Waals surface area contributed by atoms with E-state index in [1.54, 1.807) is 0 Å². The van der Waals surface area contributed by atoms with Crippen molar-refractivity contribution in [1.29, 1.82) is 0 Å². The van der Waals surface area contributed by atoms with Gasteiger partial charge in [0, 0.05) is 22.9 Å². The second kappa shape index (κ2) is 5.57. The summed E-state index contributed by atoms with van der Waals surface area (Å²) in [6.07, 6.45) is 0. The van der Waals surface area contributed by atoms with Crippen LogP contribution < -0.4 is 0 Å². The van der Waals surface area contributed by atoms with E-state index in [4.69, 9.17) is 24.0 Å². The average molecular weight is 340 g/mol. The first-order valence-electron chi connectivity index (χ1n) is 6.91. The van der Waals surface area contributed by atoms with Crippen LogP contribution in [-0.4, -0.2) is 23.9 Å². The van der Waals surface area contributed by atoms with E-state index in [1.807, 2.05) is 60.7 Å². The van der Waals surface area contributed by atoms with E-state index in [1.165, 1.54) is 4.52 Å². The van der Waals surface area contributed by atoms with Gasteiger partial charge in [0.2, 0.25) is 4.77 Å². The Balaban J connectivity index is 2.09. The highest BCUT2D eigenvalue weighted by atomic mass is 35.5. The topological polar surface area (TPSA) is 48.0 Å². The third-order valence-electron chi connectivity index (χ3n) is 3.44. The molecule has 0 fully saturated rings. The van der Waals surface area contributed by atoms with Crippen LogP contribution in [0.15, 0.2) is 60.7 Å². The minimum absolute atomic E-state index is 0.283. The lowest BCUT2D eigenvalue weighted by molar-refractivity contribution is 0.884. The molecule has 2 aromatic carbocycles. The highest BCUT2D eigenvalue weighted by Gasteiger charge is 2.15. The van der Waals surface area contributed by atoms with Crippen molar-refractivity contribution < 1.29 is 0 Å². The summed E-state index contributed by atoms with van der Waals surface area (Å²) < 4.78 is 2.83. The van der Waals surface area contributed by atoms with E-state index in [0.717, 1.165) is 26.7 Å². The summed E-state index contributed by atoms with van der Waals surface area (Å²) in [5.74, 6) is 0.364. The van der Waals surface area contributed by atoms with Crippen molar-refractivity contribution in [2.75, 3.05) is 0 Å². The number of fused-ring (bicyclic) bond motifs is 1. The fourth-order valence-electron chi connectivity index (χ4n) is 2.37. The van der Waals surface area contributed by atoms with Gasteiger partial charge in [-0.05, 0) is 12.2 Å². The van der Waals surface area contributed by atoms with Gasteiger partial charge >= 0.3 is 0 Å². The van der Waals surface area contributed by atoms with Crippen LogP contribution in [-0.2, 0) is 0 Å². The van der Waals surface area contributed by atoms with Crippen molar-refractivity contribution in [3.63, 3.8) is 0 Å². The molecule has 0 saturated carbocycles. The SMILES string of the molecule is S=c1n(Cl)nc2nc(-c3ccccc3)c(-c3ccccc3)nn12. The molecule has 0 atom stereocenters. The maximum absolute atomic E-state index is 5.95. The molecule has 0 amide bonds. The zero-order valence-corrected chi connectivity index (χ0v) is 13.4. The predicted octanol–water partition coefficient (Wildman–Crippen LogP) is 3.99. The fourth-order valence-corrected chi connectivity index (χ4v) is 2.68. The number of hydrogen-bond donors (Lipinski definition) is 0. The van der Waals surface area contributed by atoms with Gasteiger partial charge in [-0.15, -0.1) is 9.30 Å². The summed E-state index contributed by atoms with van der Waals surface area (Å²) in [7, 11) is 0. The molecule has 0 unspecified atom stereocenters. The summed E-state index contributed by atoms with van der Waals surface area (Å²) in [5.41, 5.74) is 3.37. The van der Waals surface area contributed by atoms with Crippen LogP contribution in [0.25, 0.3) is 28.3 Å². The van der Waals surface area contributed by atoms with E-state index in [9.17, 15) is 0 Å². The van der Waals surface area contributed by atoms with Crippen LogP contribution in [0.5, 0.6) is 0 Å². The third kappa shape index (κ3) is 2.42. The van der Waals surface area contributed by atoms with Crippen LogP contribution in [0.4, 0.5) is 0 Å². The summed E-state index contributed by atoms with van der Waals surface area (Å²) in [4.78, 5) is 4.62. The summed E-state index contributed by atoms with van der Waals surface area (Å²) in [6.45, 7) is 0. The van der Waals surface area contributed by atoms with Gasteiger partial charge in [0.1, 0.15) is 11.4 Å². The summed E-state index contributed by atoms with van der Waals surface area (Å²) in [6, 6.07) is 19.7. The number of rotatable bonds is 2. The van der Waals surface area contributed by atoms with E-state index >= 15 is 0 Å². The van der Waals surface area contributed by atoms with E-state index in [0.29, 0.717) is 5.78 Å². The minimum Gasteiger partial charge on any atom is -0.207 e. The molecule has 112 valence electrons. The van der Waals surface area contributed by atoms with Crippen LogP contribution >= 0.6 is 24.0 Å². The fraction of sp³-hybridized carbons (Fsp3) is 0. The van der Waals surface area contributed by atoms with Gasteiger partial charge in [-0.25, -0.2) is 4.98 Å². The van der Waals surface area contributed by atoms with E-state index < -0.39 is 0 Å². The Labute approximate surface area is 141 Å². The molecule has 4 aromatic rings. The molecule has 0 saturated heterocycles. The molecule has 2 aromatic heterocycles. The number of benzene rings is 2. The molecule has 2 heterocycles. The monoisotopic (exact) mass is 339 g/mol. The van der Waals surface area contributed by atoms with Crippen molar-refractivity contribution in [1.82, 2.24) is 23.9 Å². The largest absolute Gasteiger partial charge is 0.272 e. The first-order chi connectivity index (χ1) is 11.2. The Morgan fingerprint density at radius 2 is 1.35 bits per heavy atom. The molecule has 0 bridgehead atoms. The molecule has 5 nitrogen and oxygen atoms in total. The van der Waals surface area contributed by atoms with Crippen LogP contribution in [0.3, 0.4) is 0 Å². The second-order valence-corrected chi connectivity index (χ2v) is 5.58. The van der Waals surface area contributed by atoms with Crippen molar-refractivity contribution in [2.45, 2.75) is 0 Å². The van der Waals surface area contributed by atoms with Gasteiger partial charge in [-0.3, -0.25) is 0 Å². The van der Waals surface area contributed by atoms with Crippen LogP contribution in [0.2, 0.25) is 0 Å². The molecule has 0 aliphatic carbocycles. The quantitative estimate of drug-likeness (QED) is 0.518. The number of halogens is 1. The summed E-state index contributed by atoms with van der Waals surface area (Å²) >= 11 is 11.2. The van der Waals surface area contributed by atoms with Gasteiger partial charge in [-0.1, -0.05) is 60.7 Å². The standard InChI is InChI=1S/C16H10ClN5S/c17-22-16(23)21-15(20-22)18-13(11-7-3-1-4-8-11)14(19-21)12-9-5-2-6-10-12/h1-10H. The molecule has 0 aliphatic rings. The Morgan fingerprint density at radius 3 is 1.96 bits per heavy atom. The minimum atomic E-state index is 0.283. The molecule has 0 radical (unpaired) electrons. The molecular weight excluding hydrogens is 330 g/mol. The maximum Gasteiger partial charge on any atom is 0.272 e. The van der Waals surface area contributed by atoms with Gasteiger partial charge in [0.05, 0.1) is 0 Å².